The van der Waals surface area contributed by atoms with Gasteiger partial charge in [0.1, 0.15) is 0 Å². The fraction of sp³-hybridized carbons (Fsp3) is 0.333. The number of pyridine rings is 1. The van der Waals surface area contributed by atoms with E-state index in [4.69, 9.17) is 9.94 Å². The molecule has 0 bridgehead atoms. The number of hydrogen-bond acceptors (Lipinski definition) is 4. The third-order valence-corrected chi connectivity index (χ3v) is 2.14. The van der Waals surface area contributed by atoms with Gasteiger partial charge in [-0.25, -0.2) is 0 Å². The smallest absolute Gasteiger partial charge is 0.0879 e. The number of aromatic nitrogens is 1. The molecule has 0 radical (unpaired) electrons. The van der Waals surface area contributed by atoms with Gasteiger partial charge in [-0.05, 0) is 25.0 Å². The summed E-state index contributed by atoms with van der Waals surface area (Å²) in [5, 5.41) is 11.2. The highest BCUT2D eigenvalue weighted by atomic mass is 16.5. The Bertz CT molecular complexity index is 347. The molecule has 0 aliphatic heterocycles. The summed E-state index contributed by atoms with van der Waals surface area (Å²) in [5.74, 6) is 0. The molecule has 4 heteroatoms. The molecule has 4 nitrogen and oxygen atoms in total. The lowest BCUT2D eigenvalue weighted by molar-refractivity contribution is 0.0845. The van der Waals surface area contributed by atoms with Gasteiger partial charge in [0, 0.05) is 11.9 Å². The third kappa shape index (κ3) is 3.82. The first-order valence-electron chi connectivity index (χ1n) is 5.09. The Labute approximate surface area is 95.3 Å². The van der Waals surface area contributed by atoms with E-state index in [9.17, 15) is 0 Å². The summed E-state index contributed by atoms with van der Waals surface area (Å²) in [4.78, 5) is 4.21. The molecule has 0 saturated carbocycles. The Kier molecular flexibility index (Phi) is 5.22. The molecule has 0 aromatic carbocycles. The zero-order chi connectivity index (χ0) is 11.8. The van der Waals surface area contributed by atoms with Gasteiger partial charge < -0.3 is 9.94 Å². The molecule has 1 N–H and O–H groups in total. The van der Waals surface area contributed by atoms with Crippen LogP contribution in [-0.2, 0) is 4.74 Å². The van der Waals surface area contributed by atoms with Gasteiger partial charge >= 0.3 is 0 Å². The van der Waals surface area contributed by atoms with E-state index in [0.29, 0.717) is 6.42 Å². The van der Waals surface area contributed by atoms with Crippen molar-refractivity contribution >= 4 is 6.21 Å². The Hall–Kier alpha value is -1.68. The van der Waals surface area contributed by atoms with Crippen LogP contribution in [0.2, 0.25) is 0 Å². The molecule has 0 amide bonds. The average Bonchev–Trinajstić information content (AvgIpc) is 2.29. The molecule has 1 unspecified atom stereocenters. The molecule has 0 spiro atoms. The van der Waals surface area contributed by atoms with Crippen molar-refractivity contribution in [2.75, 3.05) is 6.61 Å². The standard InChI is InChI=1S/C12H16N2O2/c1-3-4-12(16-8-7-14-15)11-6-5-10(2)13-9-11/h3,5-7,9,12,15H,1,4,8H2,2H3. The van der Waals surface area contributed by atoms with Gasteiger partial charge in [-0.2, -0.15) is 0 Å². The predicted molar refractivity (Wildman–Crippen MR) is 62.8 cm³/mol. The first kappa shape index (κ1) is 12.4. The lowest BCUT2D eigenvalue weighted by Gasteiger charge is -2.15. The van der Waals surface area contributed by atoms with Crippen LogP contribution >= 0.6 is 0 Å². The van der Waals surface area contributed by atoms with Gasteiger partial charge in [-0.15, -0.1) is 6.58 Å². The fourth-order valence-electron chi connectivity index (χ4n) is 1.31. The van der Waals surface area contributed by atoms with Crippen LogP contribution in [-0.4, -0.2) is 23.0 Å². The van der Waals surface area contributed by atoms with E-state index in [2.05, 4.69) is 16.7 Å². The molecule has 1 heterocycles. The second-order valence-corrected chi connectivity index (χ2v) is 3.38. The van der Waals surface area contributed by atoms with E-state index < -0.39 is 0 Å². The molecular weight excluding hydrogens is 204 g/mol. The normalized spacial score (nSPS) is 12.8. The van der Waals surface area contributed by atoms with Crippen molar-refractivity contribution in [2.24, 2.45) is 5.16 Å². The fourth-order valence-corrected chi connectivity index (χ4v) is 1.31. The van der Waals surface area contributed by atoms with Crippen LogP contribution in [0.3, 0.4) is 0 Å². The topological polar surface area (TPSA) is 54.7 Å². The number of nitrogens with zero attached hydrogens (tertiary/aromatic N) is 2. The van der Waals surface area contributed by atoms with Crippen LogP contribution in [0.1, 0.15) is 23.8 Å². The van der Waals surface area contributed by atoms with Gasteiger partial charge in [-0.3, -0.25) is 4.98 Å². The van der Waals surface area contributed by atoms with Crippen LogP contribution in [0.4, 0.5) is 0 Å². The minimum absolute atomic E-state index is 0.0939. The highest BCUT2D eigenvalue weighted by molar-refractivity contribution is 5.57. The van der Waals surface area contributed by atoms with Crippen molar-refractivity contribution < 1.29 is 9.94 Å². The number of aryl methyl sites for hydroxylation is 1. The van der Waals surface area contributed by atoms with E-state index in [1.807, 2.05) is 19.1 Å². The Morgan fingerprint density at radius 2 is 2.44 bits per heavy atom. The van der Waals surface area contributed by atoms with E-state index in [1.54, 1.807) is 12.3 Å². The number of oxime groups is 1. The van der Waals surface area contributed by atoms with Gasteiger partial charge in [0.2, 0.25) is 0 Å². The lowest BCUT2D eigenvalue weighted by atomic mass is 10.1. The zero-order valence-corrected chi connectivity index (χ0v) is 9.34. The molecule has 86 valence electrons. The van der Waals surface area contributed by atoms with Crippen molar-refractivity contribution in [1.82, 2.24) is 4.98 Å². The maximum Gasteiger partial charge on any atom is 0.0879 e. The van der Waals surface area contributed by atoms with Crippen molar-refractivity contribution in [2.45, 2.75) is 19.4 Å². The Balaban J connectivity index is 2.68. The summed E-state index contributed by atoms with van der Waals surface area (Å²) in [6.45, 7) is 5.89. The molecule has 0 aliphatic carbocycles. The highest BCUT2D eigenvalue weighted by Gasteiger charge is 2.09. The summed E-state index contributed by atoms with van der Waals surface area (Å²) in [6, 6.07) is 3.92. The summed E-state index contributed by atoms with van der Waals surface area (Å²) in [5.41, 5.74) is 1.97. The summed E-state index contributed by atoms with van der Waals surface area (Å²) >= 11 is 0. The van der Waals surface area contributed by atoms with Crippen molar-refractivity contribution in [3.8, 4) is 0 Å². The van der Waals surface area contributed by atoms with Gasteiger partial charge in [-0.1, -0.05) is 17.3 Å². The number of rotatable bonds is 6. The minimum atomic E-state index is -0.0939. The first-order valence-corrected chi connectivity index (χ1v) is 5.09. The van der Waals surface area contributed by atoms with Gasteiger partial charge in [0.05, 0.1) is 18.9 Å². The molecular formula is C12H16N2O2. The second-order valence-electron chi connectivity index (χ2n) is 3.38. The first-order chi connectivity index (χ1) is 7.77. The Morgan fingerprint density at radius 3 is 3.00 bits per heavy atom. The van der Waals surface area contributed by atoms with Crippen LogP contribution in [0.25, 0.3) is 0 Å². The molecule has 1 aromatic rings. The SMILES string of the molecule is C=CCC(OCC=NO)c1ccc(C)nc1. The molecule has 1 aromatic heterocycles. The molecule has 1 rings (SSSR count). The zero-order valence-electron chi connectivity index (χ0n) is 9.34. The summed E-state index contributed by atoms with van der Waals surface area (Å²) in [7, 11) is 0. The summed E-state index contributed by atoms with van der Waals surface area (Å²) < 4.78 is 5.53. The maximum atomic E-state index is 8.27. The number of ether oxygens (including phenoxy) is 1. The van der Waals surface area contributed by atoms with Gasteiger partial charge in [0.15, 0.2) is 0 Å². The maximum absolute atomic E-state index is 8.27. The largest absolute Gasteiger partial charge is 0.411 e. The molecule has 1 atom stereocenters. The van der Waals surface area contributed by atoms with E-state index in [0.717, 1.165) is 11.3 Å². The molecule has 0 saturated heterocycles. The second kappa shape index (κ2) is 6.74. The molecule has 16 heavy (non-hydrogen) atoms. The van der Waals surface area contributed by atoms with Crippen LogP contribution in [0.5, 0.6) is 0 Å². The predicted octanol–water partition coefficient (Wildman–Crippen LogP) is 2.48. The Morgan fingerprint density at radius 1 is 1.62 bits per heavy atom. The van der Waals surface area contributed by atoms with Crippen LogP contribution in [0.15, 0.2) is 36.1 Å². The lowest BCUT2D eigenvalue weighted by Crippen LogP contribution is -2.06. The molecule has 0 fully saturated rings. The van der Waals surface area contributed by atoms with Crippen LogP contribution in [0, 0.1) is 6.92 Å². The van der Waals surface area contributed by atoms with E-state index in [-0.39, 0.29) is 12.7 Å². The van der Waals surface area contributed by atoms with E-state index >= 15 is 0 Å². The third-order valence-electron chi connectivity index (χ3n) is 2.14. The monoisotopic (exact) mass is 220 g/mol. The highest BCUT2D eigenvalue weighted by Crippen LogP contribution is 2.20. The quantitative estimate of drug-likeness (QED) is 0.347. The average molecular weight is 220 g/mol. The van der Waals surface area contributed by atoms with Crippen molar-refractivity contribution in [1.29, 1.82) is 0 Å². The minimum Gasteiger partial charge on any atom is -0.411 e. The summed E-state index contributed by atoms with van der Waals surface area (Å²) in [6.07, 6.45) is 5.49. The van der Waals surface area contributed by atoms with Gasteiger partial charge in [0.25, 0.3) is 0 Å². The van der Waals surface area contributed by atoms with E-state index in [1.165, 1.54) is 6.21 Å². The van der Waals surface area contributed by atoms with Crippen molar-refractivity contribution in [3.05, 3.63) is 42.2 Å². The molecule has 0 aliphatic rings. The van der Waals surface area contributed by atoms with Crippen LogP contribution < -0.4 is 0 Å². The van der Waals surface area contributed by atoms with Crippen molar-refractivity contribution in [3.63, 3.8) is 0 Å². The number of hydrogen-bond donors (Lipinski definition) is 1.